The van der Waals surface area contributed by atoms with Crippen molar-refractivity contribution in [3.63, 3.8) is 0 Å². The van der Waals surface area contributed by atoms with Gasteiger partial charge in [-0.1, -0.05) is 0 Å². The van der Waals surface area contributed by atoms with Gasteiger partial charge in [0.25, 0.3) is 6.01 Å². The molecule has 17 heavy (non-hydrogen) atoms. The minimum Gasteiger partial charge on any atom is -0.497 e. The van der Waals surface area contributed by atoms with Crippen molar-refractivity contribution >= 4 is 6.01 Å². The van der Waals surface area contributed by atoms with Crippen LogP contribution >= 0.6 is 0 Å². The van der Waals surface area contributed by atoms with E-state index in [1.807, 2.05) is 19.1 Å². The number of anilines is 1. The first-order valence-corrected chi connectivity index (χ1v) is 5.10. The summed E-state index contributed by atoms with van der Waals surface area (Å²) < 4.78 is 15.6. The molecule has 2 aromatic rings. The summed E-state index contributed by atoms with van der Waals surface area (Å²) in [4.78, 5) is 4.13. The second-order valence-electron chi connectivity index (χ2n) is 3.56. The van der Waals surface area contributed by atoms with Crippen molar-refractivity contribution in [2.24, 2.45) is 0 Å². The summed E-state index contributed by atoms with van der Waals surface area (Å²) in [7, 11) is 3.20. The average Bonchev–Trinajstić information content (AvgIpc) is 2.67. The molecule has 0 aliphatic rings. The molecule has 0 saturated heterocycles. The molecule has 2 rings (SSSR count). The predicted molar refractivity (Wildman–Crippen MR) is 64.2 cm³/mol. The predicted octanol–water partition coefficient (Wildman–Crippen LogP) is 2.25. The van der Waals surface area contributed by atoms with E-state index in [9.17, 15) is 0 Å². The third kappa shape index (κ3) is 2.18. The lowest BCUT2D eigenvalue weighted by molar-refractivity contribution is 0.394. The highest BCUT2D eigenvalue weighted by molar-refractivity contribution is 5.66. The number of nitrogens with zero attached hydrogens (tertiary/aromatic N) is 1. The van der Waals surface area contributed by atoms with E-state index in [1.54, 1.807) is 20.3 Å². The monoisotopic (exact) mass is 234 g/mol. The number of nitrogen functional groups attached to an aromatic ring is 1. The molecule has 0 saturated carbocycles. The Morgan fingerprint density at radius 2 is 1.71 bits per heavy atom. The van der Waals surface area contributed by atoms with Gasteiger partial charge in [0.15, 0.2) is 0 Å². The fraction of sp³-hybridized carbons (Fsp3) is 0.250. The molecule has 2 N–H and O–H groups in total. The van der Waals surface area contributed by atoms with Crippen molar-refractivity contribution in [1.29, 1.82) is 0 Å². The van der Waals surface area contributed by atoms with Gasteiger partial charge in [-0.3, -0.25) is 0 Å². The van der Waals surface area contributed by atoms with Crippen LogP contribution in [0.2, 0.25) is 0 Å². The Kier molecular flexibility index (Phi) is 2.91. The molecule has 0 fully saturated rings. The van der Waals surface area contributed by atoms with Crippen LogP contribution in [0, 0.1) is 6.92 Å². The van der Waals surface area contributed by atoms with Crippen molar-refractivity contribution in [3.8, 4) is 22.8 Å². The standard InChI is InChI=1S/C12H14N2O3/c1-7-11(14-12(13)17-7)8-4-9(15-2)6-10(5-8)16-3/h4-6H,1-3H3,(H2,13,14). The number of oxazole rings is 1. The summed E-state index contributed by atoms with van der Waals surface area (Å²) in [5.41, 5.74) is 7.06. The zero-order chi connectivity index (χ0) is 12.4. The third-order valence-corrected chi connectivity index (χ3v) is 2.44. The van der Waals surface area contributed by atoms with E-state index in [0.29, 0.717) is 23.0 Å². The number of nitrogens with two attached hydrogens (primary N) is 1. The summed E-state index contributed by atoms with van der Waals surface area (Å²) in [6.07, 6.45) is 0. The van der Waals surface area contributed by atoms with Crippen LogP contribution in [0.25, 0.3) is 11.3 Å². The van der Waals surface area contributed by atoms with Gasteiger partial charge in [0.2, 0.25) is 0 Å². The largest absolute Gasteiger partial charge is 0.497 e. The number of aromatic nitrogens is 1. The van der Waals surface area contributed by atoms with Gasteiger partial charge in [-0.25, -0.2) is 0 Å². The summed E-state index contributed by atoms with van der Waals surface area (Å²) in [5.74, 6) is 2.05. The molecule has 90 valence electrons. The van der Waals surface area contributed by atoms with Crippen molar-refractivity contribution in [2.45, 2.75) is 6.92 Å². The highest BCUT2D eigenvalue weighted by Gasteiger charge is 2.12. The van der Waals surface area contributed by atoms with Crippen molar-refractivity contribution < 1.29 is 13.9 Å². The van der Waals surface area contributed by atoms with E-state index < -0.39 is 0 Å². The number of aryl methyl sites for hydroxylation is 1. The molecule has 1 aromatic heterocycles. The Hall–Kier alpha value is -2.17. The van der Waals surface area contributed by atoms with E-state index >= 15 is 0 Å². The fourth-order valence-electron chi connectivity index (χ4n) is 1.63. The highest BCUT2D eigenvalue weighted by atomic mass is 16.5. The van der Waals surface area contributed by atoms with Gasteiger partial charge in [-0.2, -0.15) is 4.98 Å². The first kappa shape index (κ1) is 11.3. The number of ether oxygens (including phenoxy) is 2. The van der Waals surface area contributed by atoms with Crippen molar-refractivity contribution in [2.75, 3.05) is 20.0 Å². The molecular formula is C12H14N2O3. The topological polar surface area (TPSA) is 70.5 Å². The first-order valence-electron chi connectivity index (χ1n) is 5.10. The SMILES string of the molecule is COc1cc(OC)cc(-c2nc(N)oc2C)c1. The zero-order valence-corrected chi connectivity index (χ0v) is 9.98. The lowest BCUT2D eigenvalue weighted by atomic mass is 10.1. The van der Waals surface area contributed by atoms with Crippen molar-refractivity contribution in [1.82, 2.24) is 4.98 Å². The second kappa shape index (κ2) is 4.37. The van der Waals surface area contributed by atoms with Crippen LogP contribution in [0.15, 0.2) is 22.6 Å². The van der Waals surface area contributed by atoms with Crippen LogP contribution in [-0.2, 0) is 0 Å². The molecular weight excluding hydrogens is 220 g/mol. The van der Waals surface area contributed by atoms with Gasteiger partial charge in [-0.15, -0.1) is 0 Å². The molecule has 0 unspecified atom stereocenters. The summed E-state index contributed by atoms with van der Waals surface area (Å²) in [5, 5.41) is 0. The lowest BCUT2D eigenvalue weighted by Gasteiger charge is -2.06. The number of rotatable bonds is 3. The lowest BCUT2D eigenvalue weighted by Crippen LogP contribution is -1.90. The molecule has 5 heteroatoms. The fourth-order valence-corrected chi connectivity index (χ4v) is 1.63. The third-order valence-electron chi connectivity index (χ3n) is 2.44. The van der Waals surface area contributed by atoms with E-state index in [0.717, 1.165) is 5.56 Å². The maximum Gasteiger partial charge on any atom is 0.292 e. The number of hydrogen-bond donors (Lipinski definition) is 1. The van der Waals surface area contributed by atoms with Gasteiger partial charge >= 0.3 is 0 Å². The minimum absolute atomic E-state index is 0.152. The smallest absolute Gasteiger partial charge is 0.292 e. The van der Waals surface area contributed by atoms with Crippen LogP contribution in [0.1, 0.15) is 5.76 Å². The van der Waals surface area contributed by atoms with E-state index in [2.05, 4.69) is 4.98 Å². The van der Waals surface area contributed by atoms with E-state index in [4.69, 9.17) is 19.6 Å². The summed E-state index contributed by atoms with van der Waals surface area (Å²) in [6.45, 7) is 1.81. The van der Waals surface area contributed by atoms with E-state index in [1.165, 1.54) is 0 Å². The molecule has 0 radical (unpaired) electrons. The molecule has 0 amide bonds. The normalized spacial score (nSPS) is 10.3. The van der Waals surface area contributed by atoms with Gasteiger partial charge in [0, 0.05) is 11.6 Å². The summed E-state index contributed by atoms with van der Waals surface area (Å²) >= 11 is 0. The zero-order valence-electron chi connectivity index (χ0n) is 9.98. The molecule has 1 aromatic carbocycles. The minimum atomic E-state index is 0.152. The number of methoxy groups -OCH3 is 2. The maximum atomic E-state index is 5.52. The molecule has 1 heterocycles. The van der Waals surface area contributed by atoms with Crippen LogP contribution in [0.4, 0.5) is 6.01 Å². The van der Waals surface area contributed by atoms with E-state index in [-0.39, 0.29) is 6.01 Å². The van der Waals surface area contributed by atoms with Crippen LogP contribution in [0.3, 0.4) is 0 Å². The van der Waals surface area contributed by atoms with Gasteiger partial charge in [0.05, 0.1) is 14.2 Å². The van der Waals surface area contributed by atoms with Crippen LogP contribution < -0.4 is 15.2 Å². The first-order chi connectivity index (χ1) is 8.13. The molecule has 5 nitrogen and oxygen atoms in total. The molecule has 0 aliphatic carbocycles. The Bertz CT molecular complexity index is 512. The van der Waals surface area contributed by atoms with Crippen LogP contribution in [0.5, 0.6) is 11.5 Å². The molecule has 0 aliphatic heterocycles. The van der Waals surface area contributed by atoms with Gasteiger partial charge in [-0.05, 0) is 19.1 Å². The quantitative estimate of drug-likeness (QED) is 0.881. The maximum absolute atomic E-state index is 5.52. The highest BCUT2D eigenvalue weighted by Crippen LogP contribution is 2.31. The molecule has 0 spiro atoms. The Morgan fingerprint density at radius 1 is 1.12 bits per heavy atom. The van der Waals surface area contributed by atoms with Crippen LogP contribution in [-0.4, -0.2) is 19.2 Å². The molecule has 0 bridgehead atoms. The Morgan fingerprint density at radius 3 is 2.12 bits per heavy atom. The van der Waals surface area contributed by atoms with Gasteiger partial charge in [0.1, 0.15) is 23.0 Å². The second-order valence-corrected chi connectivity index (χ2v) is 3.56. The van der Waals surface area contributed by atoms with Crippen molar-refractivity contribution in [3.05, 3.63) is 24.0 Å². The van der Waals surface area contributed by atoms with Gasteiger partial charge < -0.3 is 19.6 Å². The number of benzene rings is 1. The average molecular weight is 234 g/mol. The molecule has 0 atom stereocenters. The Labute approximate surface area is 99.2 Å². The Balaban J connectivity index is 2.54. The number of hydrogen-bond acceptors (Lipinski definition) is 5. The summed E-state index contributed by atoms with van der Waals surface area (Å²) in [6, 6.07) is 5.65.